The van der Waals surface area contributed by atoms with Crippen LogP contribution in [0.1, 0.15) is 68.8 Å². The van der Waals surface area contributed by atoms with E-state index in [2.05, 4.69) is 0 Å². The number of ketones is 2. The van der Waals surface area contributed by atoms with Crippen LogP contribution in [0, 0.1) is 0 Å². The molecule has 1 heterocycles. The van der Waals surface area contributed by atoms with Crippen molar-refractivity contribution in [2.75, 3.05) is 13.7 Å². The van der Waals surface area contributed by atoms with Crippen molar-refractivity contribution in [2.24, 2.45) is 5.73 Å². The van der Waals surface area contributed by atoms with E-state index >= 15 is 0 Å². The second-order valence-corrected chi connectivity index (χ2v) is 10.3. The number of aliphatic hydroxyl groups is 4. The first kappa shape index (κ1) is 27.5. The van der Waals surface area contributed by atoms with Crippen LogP contribution >= 0.6 is 0 Å². The summed E-state index contributed by atoms with van der Waals surface area (Å²) in [5.74, 6) is -2.68. The van der Waals surface area contributed by atoms with Gasteiger partial charge in [-0.15, -0.1) is 0 Å². The number of phenols is 2. The van der Waals surface area contributed by atoms with Gasteiger partial charge in [-0.3, -0.25) is 9.59 Å². The fourth-order valence-corrected chi connectivity index (χ4v) is 5.84. The van der Waals surface area contributed by atoms with Crippen molar-refractivity contribution in [1.29, 1.82) is 0 Å². The van der Waals surface area contributed by atoms with Crippen molar-refractivity contribution in [3.8, 4) is 17.2 Å². The number of hydrogen-bond acceptors (Lipinski definition) is 12. The van der Waals surface area contributed by atoms with Crippen LogP contribution in [0.15, 0.2) is 18.2 Å². The molecule has 3 aliphatic rings. The zero-order valence-electron chi connectivity index (χ0n) is 21.3. The number of fused-ring (bicyclic) bond motifs is 3. The van der Waals surface area contributed by atoms with Crippen molar-refractivity contribution in [3.63, 3.8) is 0 Å². The van der Waals surface area contributed by atoms with Crippen LogP contribution in [-0.4, -0.2) is 92.2 Å². The van der Waals surface area contributed by atoms with Gasteiger partial charge in [0.1, 0.15) is 23.4 Å². The molecule has 0 spiro atoms. The van der Waals surface area contributed by atoms with Gasteiger partial charge in [0.2, 0.25) is 5.78 Å². The average molecular weight is 546 g/mol. The summed E-state index contributed by atoms with van der Waals surface area (Å²) >= 11 is 0. The number of aromatic hydroxyl groups is 2. The quantitative estimate of drug-likeness (QED) is 0.208. The summed E-state index contributed by atoms with van der Waals surface area (Å²) in [6, 6.07) is 3.69. The first-order chi connectivity index (χ1) is 18.4. The number of carbonyl (C=O) groups excluding carboxylic acids is 2. The molecule has 0 aromatic heterocycles. The van der Waals surface area contributed by atoms with E-state index in [9.17, 15) is 40.2 Å². The van der Waals surface area contributed by atoms with Gasteiger partial charge in [0.05, 0.1) is 54.3 Å². The second-order valence-electron chi connectivity index (χ2n) is 10.3. The van der Waals surface area contributed by atoms with Gasteiger partial charge < -0.3 is 50.6 Å². The molecule has 39 heavy (non-hydrogen) atoms. The lowest BCUT2D eigenvalue weighted by molar-refractivity contribution is -0.251. The van der Waals surface area contributed by atoms with Crippen molar-refractivity contribution in [1.82, 2.24) is 0 Å². The molecule has 0 amide bonds. The Morgan fingerprint density at radius 2 is 1.85 bits per heavy atom. The number of aliphatic hydroxyl groups excluding tert-OH is 3. The largest absolute Gasteiger partial charge is 0.507 e. The molecule has 0 saturated carbocycles. The summed E-state index contributed by atoms with van der Waals surface area (Å²) in [6.07, 6.45) is -6.45. The first-order valence-electron chi connectivity index (χ1n) is 12.6. The Morgan fingerprint density at radius 3 is 2.49 bits per heavy atom. The summed E-state index contributed by atoms with van der Waals surface area (Å²) in [4.78, 5) is 27.2. The number of carbonyl (C=O) groups is 2. The molecule has 8 N–H and O–H groups in total. The van der Waals surface area contributed by atoms with Crippen molar-refractivity contribution < 1.29 is 54.4 Å². The maximum Gasteiger partial charge on any atom is 0.202 e. The minimum Gasteiger partial charge on any atom is -0.507 e. The maximum atomic E-state index is 13.7. The SMILES string of the molecule is COc1cccc2c1C(=O)c1c(O)c3c(c(O)c1C2=O)CC(O)(C(O)CO)CC3O[C@H]1C[C@H](N)[C@@H](O)[C@H](C)O1. The fourth-order valence-electron chi connectivity index (χ4n) is 5.84. The summed E-state index contributed by atoms with van der Waals surface area (Å²) in [6.45, 7) is 0.768. The average Bonchev–Trinajstić information content (AvgIpc) is 2.90. The smallest absolute Gasteiger partial charge is 0.202 e. The van der Waals surface area contributed by atoms with Crippen LogP contribution in [-0.2, 0) is 15.9 Å². The van der Waals surface area contributed by atoms with Gasteiger partial charge in [0, 0.05) is 42.0 Å². The van der Waals surface area contributed by atoms with E-state index < -0.39 is 89.6 Å². The lowest BCUT2D eigenvalue weighted by Gasteiger charge is -2.44. The molecular weight excluding hydrogens is 514 g/mol. The number of methoxy groups -OCH3 is 1. The lowest BCUT2D eigenvalue weighted by atomic mass is 9.71. The molecule has 12 heteroatoms. The monoisotopic (exact) mass is 545 g/mol. The van der Waals surface area contributed by atoms with Crippen molar-refractivity contribution in [3.05, 3.63) is 51.6 Å². The van der Waals surface area contributed by atoms with Crippen LogP contribution in [0.3, 0.4) is 0 Å². The Morgan fingerprint density at radius 1 is 1.15 bits per heavy atom. The number of benzene rings is 2. The van der Waals surface area contributed by atoms with Gasteiger partial charge in [0.25, 0.3) is 0 Å². The Labute approximate surface area is 223 Å². The molecular formula is C27H31NO11. The predicted molar refractivity (Wildman–Crippen MR) is 133 cm³/mol. The van der Waals surface area contributed by atoms with E-state index in [1.165, 1.54) is 25.3 Å². The maximum absolute atomic E-state index is 13.7. The van der Waals surface area contributed by atoms with Gasteiger partial charge >= 0.3 is 0 Å². The Hall–Kier alpha value is -3.10. The third-order valence-electron chi connectivity index (χ3n) is 7.97. The fraction of sp³-hybridized carbons (Fsp3) is 0.481. The number of nitrogens with two attached hydrogens (primary N) is 1. The molecule has 2 aromatic carbocycles. The molecule has 12 nitrogen and oxygen atoms in total. The van der Waals surface area contributed by atoms with E-state index in [0.29, 0.717) is 0 Å². The normalized spacial score (nSPS) is 30.8. The van der Waals surface area contributed by atoms with E-state index in [1.807, 2.05) is 0 Å². The zero-order chi connectivity index (χ0) is 28.4. The molecule has 1 fully saturated rings. The third-order valence-corrected chi connectivity index (χ3v) is 7.97. The van der Waals surface area contributed by atoms with Gasteiger partial charge in [-0.2, -0.15) is 0 Å². The van der Waals surface area contributed by atoms with E-state index in [1.54, 1.807) is 6.92 Å². The zero-order valence-corrected chi connectivity index (χ0v) is 21.3. The predicted octanol–water partition coefficient (Wildman–Crippen LogP) is -0.207. The highest BCUT2D eigenvalue weighted by molar-refractivity contribution is 6.31. The Balaban J connectivity index is 1.68. The van der Waals surface area contributed by atoms with Crippen LogP contribution in [0.2, 0.25) is 0 Å². The van der Waals surface area contributed by atoms with Gasteiger partial charge in [-0.25, -0.2) is 0 Å². The molecule has 5 rings (SSSR count). The van der Waals surface area contributed by atoms with Crippen LogP contribution in [0.25, 0.3) is 0 Å². The Kier molecular flexibility index (Phi) is 6.92. The number of hydrogen-bond donors (Lipinski definition) is 7. The van der Waals surface area contributed by atoms with Crippen LogP contribution < -0.4 is 10.5 Å². The first-order valence-corrected chi connectivity index (χ1v) is 12.6. The lowest BCUT2D eigenvalue weighted by Crippen LogP contribution is -2.53. The van der Waals surface area contributed by atoms with E-state index in [0.717, 1.165) is 0 Å². The number of ether oxygens (including phenoxy) is 3. The third kappa shape index (κ3) is 4.19. The summed E-state index contributed by atoms with van der Waals surface area (Å²) in [7, 11) is 1.33. The molecule has 210 valence electrons. The topological polar surface area (TPSA) is 209 Å². The Bertz CT molecular complexity index is 1330. The summed E-state index contributed by atoms with van der Waals surface area (Å²) in [5.41, 5.74) is 2.77. The van der Waals surface area contributed by atoms with Gasteiger partial charge in [-0.1, -0.05) is 12.1 Å². The molecule has 1 saturated heterocycles. The van der Waals surface area contributed by atoms with Crippen molar-refractivity contribution >= 4 is 11.6 Å². The number of rotatable bonds is 5. The van der Waals surface area contributed by atoms with Crippen LogP contribution in [0.5, 0.6) is 17.2 Å². The molecule has 1 aliphatic heterocycles. The van der Waals surface area contributed by atoms with Crippen molar-refractivity contribution in [2.45, 2.75) is 68.5 Å². The second kappa shape index (κ2) is 9.82. The molecule has 7 atom stereocenters. The van der Waals surface area contributed by atoms with Crippen LogP contribution in [0.4, 0.5) is 0 Å². The highest BCUT2D eigenvalue weighted by Crippen LogP contribution is 2.52. The molecule has 3 unspecified atom stereocenters. The summed E-state index contributed by atoms with van der Waals surface area (Å²) < 4.78 is 17.1. The van der Waals surface area contributed by atoms with Gasteiger partial charge in [0.15, 0.2) is 12.1 Å². The molecule has 2 aliphatic carbocycles. The standard InChI is InChI=1S/C27H31NO11/c1-10-22(31)13(28)6-17(38-10)39-15-8-27(36,16(30)9-29)7-12-19(15)26(35)21-20(24(12)33)23(32)11-4-3-5-14(37-2)18(11)25(21)34/h3-5,10,13,15-17,22,29-31,33,35-36H,6-9,28H2,1-2H3/t10-,13-,15?,16?,17-,22-,27?/m0/s1. The van der Waals surface area contributed by atoms with E-state index in [4.69, 9.17) is 19.9 Å². The highest BCUT2D eigenvalue weighted by atomic mass is 16.7. The minimum atomic E-state index is -2.05. The molecule has 2 aromatic rings. The summed E-state index contributed by atoms with van der Waals surface area (Å²) in [5, 5.41) is 64.4. The molecule has 0 bridgehead atoms. The minimum absolute atomic E-state index is 0.0343. The molecule has 0 radical (unpaired) electrons. The highest BCUT2D eigenvalue weighted by Gasteiger charge is 2.50. The number of phenolic OH excluding ortho intramolecular Hbond substituents is 2. The van der Waals surface area contributed by atoms with Gasteiger partial charge in [-0.05, 0) is 13.0 Å². The van der Waals surface area contributed by atoms with E-state index in [-0.39, 0.29) is 40.8 Å².